The molecule has 6 nitrogen and oxygen atoms in total. The molecule has 1 aliphatic heterocycles. The monoisotopic (exact) mass is 411 g/mol. The summed E-state index contributed by atoms with van der Waals surface area (Å²) < 4.78 is 57.6. The number of likely N-dealkylation sites (N-methyl/N-ethyl adjacent to an activating group) is 1. The summed E-state index contributed by atoms with van der Waals surface area (Å²) in [4.78, 5) is 4.44. The van der Waals surface area contributed by atoms with Gasteiger partial charge in [0.2, 0.25) is 0 Å². The number of piperazine rings is 1. The molecule has 2 aromatic carbocycles. The van der Waals surface area contributed by atoms with E-state index in [0.717, 1.165) is 37.4 Å². The molecule has 0 bridgehead atoms. The highest BCUT2D eigenvalue weighted by Gasteiger charge is 2.21. The maximum absolute atomic E-state index is 12.9. The summed E-state index contributed by atoms with van der Waals surface area (Å²) in [6.07, 6.45) is 0. The molecule has 1 heterocycles. The smallest absolute Gasteiger partial charge is 0.387 e. The summed E-state index contributed by atoms with van der Waals surface area (Å²) in [6, 6.07) is 10.6. The number of para-hydroxylation sites is 2. The van der Waals surface area contributed by atoms with E-state index in [1.165, 1.54) is 24.3 Å². The lowest BCUT2D eigenvalue weighted by atomic mass is 10.1. The summed E-state index contributed by atoms with van der Waals surface area (Å²) in [5.41, 5.74) is 1.79. The molecule has 28 heavy (non-hydrogen) atoms. The molecule has 0 aliphatic carbocycles. The molecule has 1 fully saturated rings. The number of alkyl halides is 2. The molecule has 152 valence electrons. The largest absolute Gasteiger partial charge is 0.433 e. The zero-order valence-corrected chi connectivity index (χ0v) is 16.5. The lowest BCUT2D eigenvalue weighted by Gasteiger charge is -2.35. The van der Waals surface area contributed by atoms with Gasteiger partial charge in [0.15, 0.2) is 0 Å². The van der Waals surface area contributed by atoms with Crippen molar-refractivity contribution in [1.29, 1.82) is 0 Å². The number of benzene rings is 2. The Labute approximate surface area is 163 Å². The third-order valence-electron chi connectivity index (χ3n) is 4.68. The van der Waals surface area contributed by atoms with E-state index in [1.807, 2.05) is 14.0 Å². The second kappa shape index (κ2) is 8.32. The van der Waals surface area contributed by atoms with Crippen molar-refractivity contribution in [3.05, 3.63) is 48.0 Å². The first-order valence-corrected chi connectivity index (χ1v) is 10.4. The van der Waals surface area contributed by atoms with Crippen LogP contribution in [0, 0.1) is 6.92 Å². The molecule has 0 unspecified atom stereocenters. The molecule has 1 N–H and O–H groups in total. The van der Waals surface area contributed by atoms with Crippen LogP contribution in [-0.2, 0) is 10.0 Å². The fraction of sp³-hybridized carbons (Fsp3) is 0.368. The van der Waals surface area contributed by atoms with Crippen molar-refractivity contribution in [1.82, 2.24) is 4.90 Å². The zero-order valence-electron chi connectivity index (χ0n) is 15.7. The first-order valence-electron chi connectivity index (χ1n) is 8.87. The summed E-state index contributed by atoms with van der Waals surface area (Å²) in [5.74, 6) is -0.229. The Hall–Kier alpha value is -2.39. The van der Waals surface area contributed by atoms with Crippen molar-refractivity contribution >= 4 is 21.4 Å². The first-order chi connectivity index (χ1) is 13.3. The second-order valence-corrected chi connectivity index (χ2v) is 8.40. The lowest BCUT2D eigenvalue weighted by Crippen LogP contribution is -2.44. The molecule has 0 atom stereocenters. The molecule has 1 saturated heterocycles. The minimum atomic E-state index is -3.97. The van der Waals surface area contributed by atoms with Crippen LogP contribution in [0.5, 0.6) is 5.75 Å². The maximum atomic E-state index is 12.9. The van der Waals surface area contributed by atoms with Gasteiger partial charge in [-0.25, -0.2) is 8.42 Å². The van der Waals surface area contributed by atoms with E-state index in [-0.39, 0.29) is 16.3 Å². The van der Waals surface area contributed by atoms with E-state index >= 15 is 0 Å². The Bertz CT molecular complexity index is 930. The molecule has 0 radical (unpaired) electrons. The molecular formula is C19H23F2N3O3S. The van der Waals surface area contributed by atoms with E-state index in [0.29, 0.717) is 0 Å². The minimum Gasteiger partial charge on any atom is -0.433 e. The molecule has 0 saturated carbocycles. The van der Waals surface area contributed by atoms with Crippen molar-refractivity contribution in [2.75, 3.05) is 42.8 Å². The molecule has 1 aliphatic rings. The second-order valence-electron chi connectivity index (χ2n) is 6.72. The normalized spacial score (nSPS) is 15.7. The van der Waals surface area contributed by atoms with Crippen LogP contribution in [-0.4, -0.2) is 53.2 Å². The molecule has 9 heteroatoms. The number of nitrogens with one attached hydrogen (secondary N) is 1. The van der Waals surface area contributed by atoms with Gasteiger partial charge < -0.3 is 14.5 Å². The number of anilines is 2. The highest BCUT2D eigenvalue weighted by molar-refractivity contribution is 7.92. The van der Waals surface area contributed by atoms with Crippen LogP contribution in [0.1, 0.15) is 5.56 Å². The predicted octanol–water partition coefficient (Wildman–Crippen LogP) is 3.15. The predicted molar refractivity (Wildman–Crippen MR) is 105 cm³/mol. The van der Waals surface area contributed by atoms with E-state index < -0.39 is 16.6 Å². The van der Waals surface area contributed by atoms with Gasteiger partial charge in [-0.2, -0.15) is 8.78 Å². The number of nitrogens with zero attached hydrogens (tertiary/aromatic N) is 2. The molecule has 0 aromatic heterocycles. The average molecular weight is 411 g/mol. The molecule has 2 aromatic rings. The first kappa shape index (κ1) is 20.3. The number of halogens is 2. The van der Waals surface area contributed by atoms with Gasteiger partial charge >= 0.3 is 6.61 Å². The lowest BCUT2D eigenvalue weighted by molar-refractivity contribution is -0.0493. The van der Waals surface area contributed by atoms with Gasteiger partial charge in [0.1, 0.15) is 5.75 Å². The van der Waals surface area contributed by atoms with Crippen LogP contribution in [0.15, 0.2) is 47.4 Å². The van der Waals surface area contributed by atoms with Crippen LogP contribution in [0.2, 0.25) is 0 Å². The van der Waals surface area contributed by atoms with Gasteiger partial charge in [-0.15, -0.1) is 0 Å². The summed E-state index contributed by atoms with van der Waals surface area (Å²) in [5, 5.41) is 0. The van der Waals surface area contributed by atoms with Crippen LogP contribution in [0.3, 0.4) is 0 Å². The summed E-state index contributed by atoms with van der Waals surface area (Å²) >= 11 is 0. The highest BCUT2D eigenvalue weighted by atomic mass is 32.2. The van der Waals surface area contributed by atoms with E-state index in [4.69, 9.17) is 0 Å². The Morgan fingerprint density at radius 3 is 2.43 bits per heavy atom. The van der Waals surface area contributed by atoms with Crippen molar-refractivity contribution in [3.8, 4) is 5.75 Å². The number of ether oxygens (including phenoxy) is 1. The third-order valence-corrected chi connectivity index (χ3v) is 6.05. The number of aryl methyl sites for hydroxylation is 1. The number of sulfonamides is 1. The topological polar surface area (TPSA) is 61.9 Å². The van der Waals surface area contributed by atoms with Crippen molar-refractivity contribution < 1.29 is 21.9 Å². The Balaban J connectivity index is 1.88. The Morgan fingerprint density at radius 2 is 1.75 bits per heavy atom. The number of hydrogen-bond donors (Lipinski definition) is 1. The zero-order chi connectivity index (χ0) is 20.3. The quantitative estimate of drug-likeness (QED) is 0.791. The summed E-state index contributed by atoms with van der Waals surface area (Å²) in [7, 11) is -1.92. The van der Waals surface area contributed by atoms with Gasteiger partial charge in [0.25, 0.3) is 10.0 Å². The molecule has 0 amide bonds. The molecular weight excluding hydrogens is 388 g/mol. The van der Waals surface area contributed by atoms with Crippen LogP contribution in [0.25, 0.3) is 0 Å². The van der Waals surface area contributed by atoms with Gasteiger partial charge in [-0.3, -0.25) is 4.72 Å². The van der Waals surface area contributed by atoms with Crippen LogP contribution >= 0.6 is 0 Å². The van der Waals surface area contributed by atoms with Gasteiger partial charge in [0, 0.05) is 31.9 Å². The number of hydrogen-bond acceptors (Lipinski definition) is 5. The number of rotatable bonds is 6. The maximum Gasteiger partial charge on any atom is 0.387 e. The fourth-order valence-corrected chi connectivity index (χ4v) is 4.19. The van der Waals surface area contributed by atoms with Crippen LogP contribution < -0.4 is 14.4 Å². The van der Waals surface area contributed by atoms with Crippen LogP contribution in [0.4, 0.5) is 20.2 Å². The molecule has 0 spiro atoms. The SMILES string of the molecule is Cc1ccc(S(=O)(=O)Nc2ccccc2OC(F)F)cc1N1CCN(C)CC1. The Morgan fingerprint density at radius 1 is 1.07 bits per heavy atom. The van der Waals surface area contributed by atoms with Gasteiger partial charge in [-0.1, -0.05) is 18.2 Å². The van der Waals surface area contributed by atoms with Crippen molar-refractivity contribution in [2.24, 2.45) is 0 Å². The van der Waals surface area contributed by atoms with E-state index in [1.54, 1.807) is 18.2 Å². The molecule has 3 rings (SSSR count). The Kier molecular flexibility index (Phi) is 6.04. The summed E-state index contributed by atoms with van der Waals surface area (Å²) in [6.45, 7) is 2.29. The van der Waals surface area contributed by atoms with Gasteiger partial charge in [0.05, 0.1) is 10.6 Å². The average Bonchev–Trinajstić information content (AvgIpc) is 2.64. The van der Waals surface area contributed by atoms with Crippen molar-refractivity contribution in [3.63, 3.8) is 0 Å². The standard InChI is InChI=1S/C19H23F2N3O3S/c1-14-7-8-15(13-17(14)24-11-9-23(2)10-12-24)28(25,26)22-16-5-3-4-6-18(16)27-19(20)21/h3-8,13,19,22H,9-12H2,1-2H3. The highest BCUT2D eigenvalue weighted by Crippen LogP contribution is 2.30. The van der Waals surface area contributed by atoms with Gasteiger partial charge in [-0.05, 0) is 43.8 Å². The van der Waals surface area contributed by atoms with Crippen molar-refractivity contribution in [2.45, 2.75) is 18.4 Å². The van der Waals surface area contributed by atoms with E-state index in [9.17, 15) is 17.2 Å². The minimum absolute atomic E-state index is 0.0375. The fourth-order valence-electron chi connectivity index (χ4n) is 3.10. The third kappa shape index (κ3) is 4.71. The van der Waals surface area contributed by atoms with E-state index in [2.05, 4.69) is 19.3 Å².